The van der Waals surface area contributed by atoms with Crippen LogP contribution in [0.1, 0.15) is 6.92 Å². The van der Waals surface area contributed by atoms with Crippen LogP contribution in [0.15, 0.2) is 11.1 Å². The Labute approximate surface area is 68.4 Å². The molecule has 0 aliphatic heterocycles. The third kappa shape index (κ3) is 3.03. The summed E-state index contributed by atoms with van der Waals surface area (Å²) in [5.41, 5.74) is 1.76. The maximum Gasteiger partial charge on any atom is 0.212 e. The topological polar surface area (TPSA) is 0 Å². The predicted octanol–water partition coefficient (Wildman–Crippen LogP) is 3.50. The molecule has 0 saturated carbocycles. The zero-order valence-electron chi connectivity index (χ0n) is 4.09. The van der Waals surface area contributed by atoms with Gasteiger partial charge in [-0.05, 0) is 12.5 Å². The quantitative estimate of drug-likeness (QED) is 0.517. The van der Waals surface area contributed by atoms with E-state index in [4.69, 9.17) is 46.4 Å². The summed E-state index contributed by atoms with van der Waals surface area (Å²) in [6.45, 7) is 1.64. The Hall–Kier alpha value is 0.900. The number of hydrogen-bond acceptors (Lipinski definition) is 0. The van der Waals surface area contributed by atoms with E-state index in [-0.39, 0.29) is 0 Å². The molecule has 0 aromatic heterocycles. The fourth-order valence-electron chi connectivity index (χ4n) is 0.0619. The van der Waals surface area contributed by atoms with Gasteiger partial charge in [0.2, 0.25) is 3.79 Å². The van der Waals surface area contributed by atoms with Gasteiger partial charge in [-0.2, -0.15) is 0 Å². The van der Waals surface area contributed by atoms with Crippen molar-refractivity contribution in [1.29, 1.82) is 0 Å². The van der Waals surface area contributed by atoms with Gasteiger partial charge in [0.15, 0.2) is 0 Å². The van der Waals surface area contributed by atoms with Crippen molar-refractivity contribution in [2.24, 2.45) is 0 Å². The van der Waals surface area contributed by atoms with Crippen LogP contribution in [0, 0.1) is 0 Å². The molecule has 8 heavy (non-hydrogen) atoms. The minimum absolute atomic E-state index is 0.518. The van der Waals surface area contributed by atoms with Crippen molar-refractivity contribution in [2.45, 2.75) is 10.7 Å². The van der Waals surface area contributed by atoms with Gasteiger partial charge in [-0.1, -0.05) is 46.4 Å². The maximum absolute atomic E-state index is 5.36. The molecule has 0 amide bonds. The summed E-state index contributed by atoms with van der Waals surface area (Å²) in [6, 6.07) is 0. The number of hydrogen-bond donors (Lipinski definition) is 0. The standard InChI is InChI=1S/C4H4Cl4/c1-3(2-5)4(6,7)8/h2H,1H3/b3-2+. The molecule has 0 heterocycles. The Morgan fingerprint density at radius 3 is 1.75 bits per heavy atom. The van der Waals surface area contributed by atoms with Crippen LogP contribution in [-0.4, -0.2) is 3.79 Å². The average Bonchev–Trinajstić information content (AvgIpc) is 1.62. The van der Waals surface area contributed by atoms with Crippen LogP contribution in [0.4, 0.5) is 0 Å². The highest BCUT2D eigenvalue weighted by atomic mass is 35.6. The molecule has 0 N–H and O–H groups in total. The van der Waals surface area contributed by atoms with Gasteiger partial charge in [0.25, 0.3) is 0 Å². The number of alkyl halides is 3. The summed E-state index contributed by atoms with van der Waals surface area (Å²) < 4.78 is -1.35. The van der Waals surface area contributed by atoms with Gasteiger partial charge in [0.1, 0.15) is 0 Å². The molecule has 0 radical (unpaired) electrons. The minimum Gasteiger partial charge on any atom is -0.0929 e. The molecule has 48 valence electrons. The zero-order valence-corrected chi connectivity index (χ0v) is 7.11. The van der Waals surface area contributed by atoms with Crippen LogP contribution >= 0.6 is 46.4 Å². The predicted molar refractivity (Wildman–Crippen MR) is 39.9 cm³/mol. The van der Waals surface area contributed by atoms with Crippen LogP contribution in [0.25, 0.3) is 0 Å². The molecule has 0 fully saturated rings. The first-order valence-electron chi connectivity index (χ1n) is 1.82. The summed E-state index contributed by atoms with van der Waals surface area (Å²) in [5, 5.41) is 0. The Morgan fingerprint density at radius 1 is 1.38 bits per heavy atom. The molecule has 4 heteroatoms. The van der Waals surface area contributed by atoms with E-state index >= 15 is 0 Å². The van der Waals surface area contributed by atoms with Crippen LogP contribution < -0.4 is 0 Å². The average molecular weight is 194 g/mol. The lowest BCUT2D eigenvalue weighted by Gasteiger charge is -2.08. The van der Waals surface area contributed by atoms with Crippen molar-refractivity contribution in [3.05, 3.63) is 11.1 Å². The van der Waals surface area contributed by atoms with Gasteiger partial charge in [0.05, 0.1) is 0 Å². The number of halogens is 4. The molecule has 0 aliphatic rings. The Balaban J connectivity index is 4.03. The Morgan fingerprint density at radius 2 is 1.75 bits per heavy atom. The van der Waals surface area contributed by atoms with E-state index in [0.29, 0.717) is 5.57 Å². The van der Waals surface area contributed by atoms with E-state index < -0.39 is 3.79 Å². The largest absolute Gasteiger partial charge is 0.212 e. The first-order valence-corrected chi connectivity index (χ1v) is 3.39. The fraction of sp³-hybridized carbons (Fsp3) is 0.500. The molecule has 0 bridgehead atoms. The molecular formula is C4H4Cl4. The molecule has 0 aliphatic carbocycles. The van der Waals surface area contributed by atoms with E-state index in [1.165, 1.54) is 5.54 Å². The maximum atomic E-state index is 5.36. The van der Waals surface area contributed by atoms with Crippen molar-refractivity contribution in [3.8, 4) is 0 Å². The molecule has 0 spiro atoms. The van der Waals surface area contributed by atoms with Gasteiger partial charge in [-0.3, -0.25) is 0 Å². The molecule has 0 nitrogen and oxygen atoms in total. The summed E-state index contributed by atoms with van der Waals surface area (Å²) >= 11 is 21.3. The lowest BCUT2D eigenvalue weighted by atomic mass is 10.4. The summed E-state index contributed by atoms with van der Waals surface area (Å²) in [5.74, 6) is 0. The van der Waals surface area contributed by atoms with Gasteiger partial charge in [-0.25, -0.2) is 0 Å². The van der Waals surface area contributed by atoms with Crippen LogP contribution in [-0.2, 0) is 0 Å². The Kier molecular flexibility index (Phi) is 3.52. The monoisotopic (exact) mass is 192 g/mol. The fourth-order valence-corrected chi connectivity index (χ4v) is 0.557. The SMILES string of the molecule is C/C(=C\Cl)C(Cl)(Cl)Cl. The molecule has 0 rings (SSSR count). The first-order chi connectivity index (χ1) is 3.48. The lowest BCUT2D eigenvalue weighted by molar-refractivity contribution is 1.26. The molecule has 0 aromatic carbocycles. The highest BCUT2D eigenvalue weighted by Crippen LogP contribution is 2.34. The van der Waals surface area contributed by atoms with Crippen LogP contribution in [0.5, 0.6) is 0 Å². The Bertz CT molecular complexity index is 99.1. The summed E-state index contributed by atoms with van der Waals surface area (Å²) in [7, 11) is 0. The van der Waals surface area contributed by atoms with Crippen molar-refractivity contribution in [2.75, 3.05) is 0 Å². The first kappa shape index (κ1) is 8.90. The highest BCUT2D eigenvalue weighted by Gasteiger charge is 2.21. The minimum atomic E-state index is -1.35. The van der Waals surface area contributed by atoms with E-state index in [1.807, 2.05) is 0 Å². The summed E-state index contributed by atoms with van der Waals surface area (Å²) in [4.78, 5) is 0. The van der Waals surface area contributed by atoms with Crippen molar-refractivity contribution in [1.82, 2.24) is 0 Å². The van der Waals surface area contributed by atoms with Crippen molar-refractivity contribution < 1.29 is 0 Å². The molecule has 0 unspecified atom stereocenters. The van der Waals surface area contributed by atoms with Crippen molar-refractivity contribution >= 4 is 46.4 Å². The van der Waals surface area contributed by atoms with Gasteiger partial charge in [0, 0.05) is 5.54 Å². The molecular weight excluding hydrogens is 190 g/mol. The third-order valence-corrected chi connectivity index (χ3v) is 1.83. The summed E-state index contributed by atoms with van der Waals surface area (Å²) in [6.07, 6.45) is 0. The van der Waals surface area contributed by atoms with Crippen LogP contribution in [0.2, 0.25) is 0 Å². The lowest BCUT2D eigenvalue weighted by Crippen LogP contribution is -2.01. The molecule has 0 atom stereocenters. The van der Waals surface area contributed by atoms with Gasteiger partial charge in [-0.15, -0.1) is 0 Å². The number of allylic oxidation sites excluding steroid dienone is 1. The normalized spacial score (nSPS) is 14.4. The second-order valence-electron chi connectivity index (χ2n) is 1.29. The van der Waals surface area contributed by atoms with E-state index in [9.17, 15) is 0 Å². The third-order valence-electron chi connectivity index (χ3n) is 0.611. The van der Waals surface area contributed by atoms with E-state index in [0.717, 1.165) is 0 Å². The van der Waals surface area contributed by atoms with Gasteiger partial charge < -0.3 is 0 Å². The van der Waals surface area contributed by atoms with E-state index in [2.05, 4.69) is 0 Å². The van der Waals surface area contributed by atoms with Crippen molar-refractivity contribution in [3.63, 3.8) is 0 Å². The van der Waals surface area contributed by atoms with E-state index in [1.54, 1.807) is 6.92 Å². The highest BCUT2D eigenvalue weighted by molar-refractivity contribution is 6.69. The van der Waals surface area contributed by atoms with Crippen LogP contribution in [0.3, 0.4) is 0 Å². The number of rotatable bonds is 0. The molecule has 0 saturated heterocycles. The second-order valence-corrected chi connectivity index (χ2v) is 3.79. The second kappa shape index (κ2) is 3.17. The smallest absolute Gasteiger partial charge is 0.0929 e. The van der Waals surface area contributed by atoms with Gasteiger partial charge >= 0.3 is 0 Å². The zero-order chi connectivity index (χ0) is 6.78. The molecule has 0 aromatic rings.